The first kappa shape index (κ1) is 18.8. The predicted octanol–water partition coefficient (Wildman–Crippen LogP) is 1.67. The Morgan fingerprint density at radius 3 is 2.73 bits per heavy atom. The van der Waals surface area contributed by atoms with Gasteiger partial charge < -0.3 is 15.1 Å². The maximum atomic E-state index is 12.5. The van der Waals surface area contributed by atoms with Crippen LogP contribution in [0, 0.1) is 11.8 Å². The third-order valence-electron chi connectivity index (χ3n) is 5.79. The van der Waals surface area contributed by atoms with Crippen LogP contribution in [0.25, 0.3) is 0 Å². The van der Waals surface area contributed by atoms with Gasteiger partial charge in [0.2, 0.25) is 11.8 Å². The van der Waals surface area contributed by atoms with E-state index < -0.39 is 0 Å². The molecule has 0 radical (unpaired) electrons. The summed E-state index contributed by atoms with van der Waals surface area (Å²) in [6, 6.07) is 4.50. The van der Waals surface area contributed by atoms with Crippen molar-refractivity contribution in [2.75, 3.05) is 27.2 Å². The summed E-state index contributed by atoms with van der Waals surface area (Å²) < 4.78 is 0. The molecular weight excluding hydrogens is 328 g/mol. The number of rotatable bonds is 6. The fourth-order valence-electron chi connectivity index (χ4n) is 4.07. The Hall–Kier alpha value is -1.95. The van der Waals surface area contributed by atoms with Gasteiger partial charge in [-0.05, 0) is 57.3 Å². The van der Waals surface area contributed by atoms with Crippen molar-refractivity contribution in [3.8, 4) is 0 Å². The van der Waals surface area contributed by atoms with E-state index in [-0.39, 0.29) is 17.7 Å². The van der Waals surface area contributed by atoms with Gasteiger partial charge >= 0.3 is 0 Å². The zero-order valence-corrected chi connectivity index (χ0v) is 15.9. The van der Waals surface area contributed by atoms with Crippen LogP contribution >= 0.6 is 0 Å². The van der Waals surface area contributed by atoms with E-state index in [1.807, 2.05) is 12.1 Å². The first-order valence-corrected chi connectivity index (χ1v) is 9.63. The lowest BCUT2D eigenvalue weighted by molar-refractivity contribution is -0.129. The smallest absolute Gasteiger partial charge is 0.225 e. The number of hydrogen-bond acceptors (Lipinski definition) is 4. The molecule has 1 unspecified atom stereocenters. The SMILES string of the molecule is CN(C)C1CCC(CNC(=O)C2CC(=O)N(Cc3cccnc3)C2)CC1. The van der Waals surface area contributed by atoms with E-state index in [2.05, 4.69) is 29.3 Å². The average molecular weight is 358 g/mol. The standard InChI is InChI=1S/C20H30N4O2/c1-23(2)18-7-5-15(6-8-18)12-22-20(26)17-10-19(25)24(14-17)13-16-4-3-9-21-11-16/h3-4,9,11,15,17-18H,5-8,10,12-14H2,1-2H3,(H,22,26). The van der Waals surface area contributed by atoms with E-state index in [0.717, 1.165) is 12.1 Å². The molecule has 1 aliphatic heterocycles. The molecule has 6 heteroatoms. The van der Waals surface area contributed by atoms with Crippen molar-refractivity contribution in [1.82, 2.24) is 20.1 Å². The Morgan fingerprint density at radius 1 is 1.31 bits per heavy atom. The zero-order chi connectivity index (χ0) is 18.5. The highest BCUT2D eigenvalue weighted by molar-refractivity contribution is 5.89. The summed E-state index contributed by atoms with van der Waals surface area (Å²) in [5.74, 6) is 0.429. The summed E-state index contributed by atoms with van der Waals surface area (Å²) in [5, 5.41) is 3.10. The molecule has 1 saturated heterocycles. The molecule has 1 aromatic rings. The first-order chi connectivity index (χ1) is 12.5. The number of pyridine rings is 1. The van der Waals surface area contributed by atoms with Crippen LogP contribution in [0.2, 0.25) is 0 Å². The Morgan fingerprint density at radius 2 is 2.08 bits per heavy atom. The molecule has 2 amide bonds. The van der Waals surface area contributed by atoms with Gasteiger partial charge in [-0.15, -0.1) is 0 Å². The maximum absolute atomic E-state index is 12.5. The molecule has 1 N–H and O–H groups in total. The minimum Gasteiger partial charge on any atom is -0.356 e. The second-order valence-corrected chi connectivity index (χ2v) is 7.92. The molecule has 0 aromatic carbocycles. The van der Waals surface area contributed by atoms with E-state index in [1.54, 1.807) is 17.3 Å². The summed E-state index contributed by atoms with van der Waals surface area (Å²) in [6.45, 7) is 1.78. The highest BCUT2D eigenvalue weighted by atomic mass is 16.2. The molecule has 1 aliphatic carbocycles. The normalized spacial score (nSPS) is 26.3. The molecule has 2 fully saturated rings. The molecular formula is C20H30N4O2. The summed E-state index contributed by atoms with van der Waals surface area (Å²) in [5.41, 5.74) is 1.000. The van der Waals surface area contributed by atoms with Gasteiger partial charge in [0.25, 0.3) is 0 Å². The summed E-state index contributed by atoms with van der Waals surface area (Å²) >= 11 is 0. The van der Waals surface area contributed by atoms with Crippen LogP contribution in [-0.4, -0.2) is 59.8 Å². The van der Waals surface area contributed by atoms with Crippen molar-refractivity contribution in [2.24, 2.45) is 11.8 Å². The summed E-state index contributed by atoms with van der Waals surface area (Å²) in [4.78, 5) is 32.9. The van der Waals surface area contributed by atoms with Gasteiger partial charge in [-0.2, -0.15) is 0 Å². The van der Waals surface area contributed by atoms with Crippen molar-refractivity contribution in [1.29, 1.82) is 0 Å². The van der Waals surface area contributed by atoms with Crippen molar-refractivity contribution in [3.05, 3.63) is 30.1 Å². The number of nitrogens with one attached hydrogen (secondary N) is 1. The fourth-order valence-corrected chi connectivity index (χ4v) is 4.07. The topological polar surface area (TPSA) is 65.5 Å². The van der Waals surface area contributed by atoms with Crippen molar-refractivity contribution in [3.63, 3.8) is 0 Å². The molecule has 1 aromatic heterocycles. The molecule has 142 valence electrons. The highest BCUT2D eigenvalue weighted by Gasteiger charge is 2.34. The third kappa shape index (κ3) is 4.81. The van der Waals surface area contributed by atoms with Gasteiger partial charge in [-0.1, -0.05) is 6.07 Å². The Kier molecular flexibility index (Phi) is 6.25. The molecule has 3 rings (SSSR count). The third-order valence-corrected chi connectivity index (χ3v) is 5.79. The number of nitrogens with zero attached hydrogens (tertiary/aromatic N) is 3. The van der Waals surface area contributed by atoms with Gasteiger partial charge in [-0.25, -0.2) is 0 Å². The number of amides is 2. The first-order valence-electron chi connectivity index (χ1n) is 9.63. The lowest BCUT2D eigenvalue weighted by Gasteiger charge is -2.32. The minimum absolute atomic E-state index is 0.0294. The van der Waals surface area contributed by atoms with E-state index >= 15 is 0 Å². The number of likely N-dealkylation sites (tertiary alicyclic amines) is 1. The number of aromatic nitrogens is 1. The molecule has 0 bridgehead atoms. The van der Waals surface area contributed by atoms with Crippen LogP contribution in [0.3, 0.4) is 0 Å². The number of carbonyl (C=O) groups is 2. The van der Waals surface area contributed by atoms with Gasteiger partial charge in [0.05, 0.1) is 5.92 Å². The second kappa shape index (κ2) is 8.62. The molecule has 6 nitrogen and oxygen atoms in total. The Balaban J connectivity index is 1.42. The van der Waals surface area contributed by atoms with Gasteiger partial charge in [-0.3, -0.25) is 14.6 Å². The molecule has 26 heavy (non-hydrogen) atoms. The van der Waals surface area contributed by atoms with E-state index in [4.69, 9.17) is 0 Å². The molecule has 1 saturated carbocycles. The van der Waals surface area contributed by atoms with Gasteiger partial charge in [0.15, 0.2) is 0 Å². The Labute approximate surface area is 156 Å². The molecule has 2 heterocycles. The van der Waals surface area contributed by atoms with Crippen molar-refractivity contribution >= 4 is 11.8 Å². The number of carbonyl (C=O) groups excluding carboxylic acids is 2. The molecule has 2 aliphatic rings. The predicted molar refractivity (Wildman–Crippen MR) is 100 cm³/mol. The summed E-state index contributed by atoms with van der Waals surface area (Å²) in [7, 11) is 4.28. The Bertz CT molecular complexity index is 611. The van der Waals surface area contributed by atoms with E-state index in [1.165, 1.54) is 25.7 Å². The average Bonchev–Trinajstić information content (AvgIpc) is 3.01. The van der Waals surface area contributed by atoms with Crippen LogP contribution < -0.4 is 5.32 Å². The largest absolute Gasteiger partial charge is 0.356 e. The van der Waals surface area contributed by atoms with E-state index in [0.29, 0.717) is 31.5 Å². The second-order valence-electron chi connectivity index (χ2n) is 7.92. The van der Waals surface area contributed by atoms with Crippen LogP contribution in [0.5, 0.6) is 0 Å². The van der Waals surface area contributed by atoms with Gasteiger partial charge in [0, 0.05) is 44.5 Å². The minimum atomic E-state index is -0.225. The van der Waals surface area contributed by atoms with Crippen LogP contribution in [0.15, 0.2) is 24.5 Å². The lowest BCUT2D eigenvalue weighted by Crippen LogP contribution is -2.38. The molecule has 0 spiro atoms. The van der Waals surface area contributed by atoms with Crippen LogP contribution in [-0.2, 0) is 16.1 Å². The quantitative estimate of drug-likeness (QED) is 0.840. The van der Waals surface area contributed by atoms with Crippen LogP contribution in [0.4, 0.5) is 0 Å². The van der Waals surface area contributed by atoms with Crippen molar-refractivity contribution in [2.45, 2.75) is 44.7 Å². The zero-order valence-electron chi connectivity index (χ0n) is 15.9. The number of hydrogen-bond donors (Lipinski definition) is 1. The summed E-state index contributed by atoms with van der Waals surface area (Å²) in [6.07, 6.45) is 8.55. The lowest BCUT2D eigenvalue weighted by atomic mass is 9.85. The monoisotopic (exact) mass is 358 g/mol. The molecule has 1 atom stereocenters. The maximum Gasteiger partial charge on any atom is 0.225 e. The van der Waals surface area contributed by atoms with Crippen molar-refractivity contribution < 1.29 is 9.59 Å². The van der Waals surface area contributed by atoms with Crippen LogP contribution in [0.1, 0.15) is 37.7 Å². The van der Waals surface area contributed by atoms with Gasteiger partial charge in [0.1, 0.15) is 0 Å². The fraction of sp³-hybridized carbons (Fsp3) is 0.650. The van der Waals surface area contributed by atoms with E-state index in [9.17, 15) is 9.59 Å². The highest BCUT2D eigenvalue weighted by Crippen LogP contribution is 2.26.